The fourth-order valence-electron chi connectivity index (χ4n) is 2.61. The predicted molar refractivity (Wildman–Crippen MR) is 90.6 cm³/mol. The zero-order valence-corrected chi connectivity index (χ0v) is 13.4. The average molecular weight is 328 g/mol. The SMILES string of the molecule is Cc1c(CC(=O)NC(CCO)c2ccccc2)cccc1[N+](=O)[O-]. The van der Waals surface area contributed by atoms with Crippen molar-refractivity contribution in [1.82, 2.24) is 5.32 Å². The van der Waals surface area contributed by atoms with Gasteiger partial charge in [0.2, 0.25) is 5.91 Å². The molecule has 0 saturated carbocycles. The van der Waals surface area contributed by atoms with E-state index in [1.165, 1.54) is 6.07 Å². The first-order valence-electron chi connectivity index (χ1n) is 7.71. The molecule has 2 aromatic rings. The molecule has 24 heavy (non-hydrogen) atoms. The summed E-state index contributed by atoms with van der Waals surface area (Å²) in [6.07, 6.45) is 0.464. The zero-order valence-electron chi connectivity index (χ0n) is 13.4. The first-order chi connectivity index (χ1) is 11.5. The number of nitrogens with zero attached hydrogens (tertiary/aromatic N) is 1. The minimum absolute atomic E-state index is 0.00951. The van der Waals surface area contributed by atoms with Crippen molar-refractivity contribution in [3.63, 3.8) is 0 Å². The van der Waals surface area contributed by atoms with E-state index in [0.717, 1.165) is 5.56 Å². The van der Waals surface area contributed by atoms with Crippen LogP contribution in [-0.2, 0) is 11.2 Å². The number of nitro groups is 1. The third kappa shape index (κ3) is 4.39. The number of benzene rings is 2. The Morgan fingerprint density at radius 2 is 1.92 bits per heavy atom. The maximum absolute atomic E-state index is 12.3. The summed E-state index contributed by atoms with van der Waals surface area (Å²) >= 11 is 0. The largest absolute Gasteiger partial charge is 0.396 e. The second-order valence-electron chi connectivity index (χ2n) is 5.54. The maximum atomic E-state index is 12.3. The third-order valence-corrected chi connectivity index (χ3v) is 3.92. The highest BCUT2D eigenvalue weighted by Crippen LogP contribution is 2.22. The molecule has 126 valence electrons. The van der Waals surface area contributed by atoms with E-state index in [9.17, 15) is 20.0 Å². The van der Waals surface area contributed by atoms with Crippen LogP contribution in [0.15, 0.2) is 48.5 Å². The highest BCUT2D eigenvalue weighted by molar-refractivity contribution is 5.79. The van der Waals surface area contributed by atoms with Gasteiger partial charge in [-0.25, -0.2) is 0 Å². The third-order valence-electron chi connectivity index (χ3n) is 3.92. The molecule has 2 N–H and O–H groups in total. The molecular weight excluding hydrogens is 308 g/mol. The van der Waals surface area contributed by atoms with Gasteiger partial charge in [0.15, 0.2) is 0 Å². The van der Waals surface area contributed by atoms with Gasteiger partial charge in [-0.2, -0.15) is 0 Å². The van der Waals surface area contributed by atoms with Crippen LogP contribution in [-0.4, -0.2) is 22.5 Å². The second-order valence-corrected chi connectivity index (χ2v) is 5.54. The Labute approximate surface area is 140 Å². The predicted octanol–water partition coefficient (Wildman–Crippen LogP) is 2.69. The Hall–Kier alpha value is -2.73. The number of nitrogens with one attached hydrogen (secondary N) is 1. The van der Waals surface area contributed by atoms with E-state index < -0.39 is 4.92 Å². The fraction of sp³-hybridized carbons (Fsp3) is 0.278. The van der Waals surface area contributed by atoms with E-state index in [-0.39, 0.29) is 30.7 Å². The van der Waals surface area contributed by atoms with Crippen molar-refractivity contribution in [2.75, 3.05) is 6.61 Å². The summed E-state index contributed by atoms with van der Waals surface area (Å²) in [4.78, 5) is 22.9. The molecule has 0 aliphatic carbocycles. The van der Waals surface area contributed by atoms with Crippen molar-refractivity contribution in [3.8, 4) is 0 Å². The Kier molecular flexibility index (Phi) is 6.03. The first-order valence-corrected chi connectivity index (χ1v) is 7.71. The molecule has 0 bridgehead atoms. The highest BCUT2D eigenvalue weighted by atomic mass is 16.6. The maximum Gasteiger partial charge on any atom is 0.272 e. The standard InChI is InChI=1S/C18H20N2O4/c1-13-15(8-5-9-17(13)20(23)24)12-18(22)19-16(10-11-21)14-6-3-2-4-7-14/h2-9,16,21H,10-12H2,1H3,(H,19,22). The molecule has 6 nitrogen and oxygen atoms in total. The number of amides is 1. The van der Waals surface area contributed by atoms with Gasteiger partial charge in [0.05, 0.1) is 17.4 Å². The van der Waals surface area contributed by atoms with E-state index in [4.69, 9.17) is 0 Å². The van der Waals surface area contributed by atoms with Gasteiger partial charge in [-0.05, 0) is 24.5 Å². The molecule has 2 rings (SSSR count). The molecule has 0 fully saturated rings. The Bertz CT molecular complexity index is 716. The summed E-state index contributed by atoms with van der Waals surface area (Å²) in [6, 6.07) is 13.8. The Morgan fingerprint density at radius 3 is 2.54 bits per heavy atom. The molecule has 0 radical (unpaired) electrons. The van der Waals surface area contributed by atoms with Gasteiger partial charge in [0.25, 0.3) is 5.69 Å². The van der Waals surface area contributed by atoms with Gasteiger partial charge in [-0.3, -0.25) is 14.9 Å². The van der Waals surface area contributed by atoms with Crippen LogP contribution in [0.25, 0.3) is 0 Å². The van der Waals surface area contributed by atoms with E-state index in [0.29, 0.717) is 17.5 Å². The lowest BCUT2D eigenvalue weighted by atomic mass is 10.0. The van der Waals surface area contributed by atoms with Gasteiger partial charge in [-0.15, -0.1) is 0 Å². The summed E-state index contributed by atoms with van der Waals surface area (Å²) in [7, 11) is 0. The average Bonchev–Trinajstić information content (AvgIpc) is 2.57. The van der Waals surface area contributed by atoms with Crippen LogP contribution in [0.3, 0.4) is 0 Å². The van der Waals surface area contributed by atoms with Gasteiger partial charge in [-0.1, -0.05) is 42.5 Å². The fourth-order valence-corrected chi connectivity index (χ4v) is 2.61. The molecule has 0 heterocycles. The van der Waals surface area contributed by atoms with E-state index in [1.807, 2.05) is 30.3 Å². The van der Waals surface area contributed by atoms with Crippen LogP contribution >= 0.6 is 0 Å². The molecule has 2 aromatic carbocycles. The number of aliphatic hydroxyl groups is 1. The lowest BCUT2D eigenvalue weighted by molar-refractivity contribution is -0.385. The summed E-state index contributed by atoms with van der Waals surface area (Å²) in [5, 5.41) is 23.1. The van der Waals surface area contributed by atoms with E-state index in [1.54, 1.807) is 19.1 Å². The summed E-state index contributed by atoms with van der Waals surface area (Å²) in [5.41, 5.74) is 2.04. The Morgan fingerprint density at radius 1 is 1.21 bits per heavy atom. The molecule has 0 aliphatic rings. The molecule has 1 amide bonds. The minimum atomic E-state index is -0.449. The number of rotatable bonds is 7. The minimum Gasteiger partial charge on any atom is -0.396 e. The first kappa shape index (κ1) is 17.6. The van der Waals surface area contributed by atoms with Crippen LogP contribution in [0.4, 0.5) is 5.69 Å². The lowest BCUT2D eigenvalue weighted by Crippen LogP contribution is -2.30. The zero-order chi connectivity index (χ0) is 17.5. The van der Waals surface area contributed by atoms with Crippen molar-refractivity contribution < 1.29 is 14.8 Å². The number of hydrogen-bond acceptors (Lipinski definition) is 4. The second kappa shape index (κ2) is 8.21. The molecule has 1 unspecified atom stereocenters. The van der Waals surface area contributed by atoms with E-state index in [2.05, 4.69) is 5.32 Å². The van der Waals surface area contributed by atoms with Crippen LogP contribution in [0.1, 0.15) is 29.2 Å². The number of aliphatic hydroxyl groups excluding tert-OH is 1. The summed E-state index contributed by atoms with van der Waals surface area (Å²) < 4.78 is 0. The van der Waals surface area contributed by atoms with Crippen LogP contribution in [0.5, 0.6) is 0 Å². The van der Waals surface area contributed by atoms with Gasteiger partial charge < -0.3 is 10.4 Å². The number of nitro benzene ring substituents is 1. The Balaban J connectivity index is 2.12. The topological polar surface area (TPSA) is 92.5 Å². The van der Waals surface area contributed by atoms with Crippen molar-refractivity contribution in [3.05, 3.63) is 75.3 Å². The van der Waals surface area contributed by atoms with Gasteiger partial charge >= 0.3 is 0 Å². The number of carbonyl (C=O) groups excluding carboxylic acids is 1. The quantitative estimate of drug-likeness (QED) is 0.604. The smallest absolute Gasteiger partial charge is 0.272 e. The van der Waals surface area contributed by atoms with Crippen LogP contribution in [0.2, 0.25) is 0 Å². The summed E-state index contributed by atoms with van der Waals surface area (Å²) in [5.74, 6) is -0.235. The summed E-state index contributed by atoms with van der Waals surface area (Å²) in [6.45, 7) is 1.60. The molecule has 6 heteroatoms. The number of hydrogen-bond donors (Lipinski definition) is 2. The van der Waals surface area contributed by atoms with Crippen LogP contribution < -0.4 is 5.32 Å². The molecule has 0 aliphatic heterocycles. The van der Waals surface area contributed by atoms with Crippen molar-refractivity contribution in [1.29, 1.82) is 0 Å². The molecule has 0 spiro atoms. The monoisotopic (exact) mass is 328 g/mol. The van der Waals surface area contributed by atoms with E-state index >= 15 is 0 Å². The molecule has 0 aromatic heterocycles. The molecular formula is C18H20N2O4. The molecule has 0 saturated heterocycles. The van der Waals surface area contributed by atoms with Gasteiger partial charge in [0, 0.05) is 18.2 Å². The van der Waals surface area contributed by atoms with Gasteiger partial charge in [0.1, 0.15) is 0 Å². The van der Waals surface area contributed by atoms with Crippen molar-refractivity contribution in [2.45, 2.75) is 25.8 Å². The molecule has 1 atom stereocenters. The van der Waals surface area contributed by atoms with Crippen molar-refractivity contribution >= 4 is 11.6 Å². The number of carbonyl (C=O) groups is 1. The highest BCUT2D eigenvalue weighted by Gasteiger charge is 2.18. The van der Waals surface area contributed by atoms with Crippen molar-refractivity contribution in [2.24, 2.45) is 0 Å². The lowest BCUT2D eigenvalue weighted by Gasteiger charge is -2.18. The van der Waals surface area contributed by atoms with Crippen LogP contribution in [0, 0.1) is 17.0 Å². The normalized spacial score (nSPS) is 11.8.